The highest BCUT2D eigenvalue weighted by molar-refractivity contribution is 6.23. The second-order valence-corrected chi connectivity index (χ2v) is 11.0. The third-order valence-electron chi connectivity index (χ3n) is 9.08. The van der Waals surface area contributed by atoms with Crippen LogP contribution in [-0.2, 0) is 17.6 Å². The zero-order chi connectivity index (χ0) is 29.4. The summed E-state index contributed by atoms with van der Waals surface area (Å²) < 4.78 is 22.1. The number of carbonyl (C=O) groups excluding carboxylic acids is 2. The highest BCUT2D eigenvalue weighted by Gasteiger charge is 2.60. The Morgan fingerprint density at radius 3 is 2.21 bits per heavy atom. The minimum atomic E-state index is -0.966. The third-order valence-corrected chi connectivity index (χ3v) is 9.08. The number of rotatable bonds is 8. The van der Waals surface area contributed by atoms with Crippen molar-refractivity contribution in [3.05, 3.63) is 77.4 Å². The molecule has 2 atom stereocenters. The van der Waals surface area contributed by atoms with E-state index in [1.807, 2.05) is 59.5 Å². The fourth-order valence-electron chi connectivity index (χ4n) is 6.88. The lowest BCUT2D eigenvalue weighted by Crippen LogP contribution is -2.58. The molecule has 9 nitrogen and oxygen atoms in total. The van der Waals surface area contributed by atoms with E-state index in [4.69, 9.17) is 18.9 Å². The molecular weight excluding hydrogens is 534 g/mol. The van der Waals surface area contributed by atoms with E-state index in [0.29, 0.717) is 61.0 Å². The normalized spacial score (nSPS) is 21.8. The number of ether oxygens (including phenoxy) is 4. The van der Waals surface area contributed by atoms with Crippen LogP contribution in [0.1, 0.15) is 35.6 Å². The minimum absolute atomic E-state index is 0.0293. The number of para-hydroxylation sites is 1. The number of imide groups is 1. The van der Waals surface area contributed by atoms with Crippen LogP contribution in [0.2, 0.25) is 0 Å². The fourth-order valence-corrected chi connectivity index (χ4v) is 6.88. The summed E-state index contributed by atoms with van der Waals surface area (Å²) in [6, 6.07) is 18.8. The van der Waals surface area contributed by atoms with Crippen molar-refractivity contribution < 1.29 is 28.5 Å². The number of anilines is 1. The summed E-state index contributed by atoms with van der Waals surface area (Å²) in [4.78, 5) is 34.3. The van der Waals surface area contributed by atoms with Crippen LogP contribution in [0.3, 0.4) is 0 Å². The van der Waals surface area contributed by atoms with Gasteiger partial charge in [-0.1, -0.05) is 24.3 Å². The molecule has 2 saturated heterocycles. The lowest BCUT2D eigenvalue weighted by Gasteiger charge is -2.49. The maximum Gasteiger partial charge on any atom is 0.332 e. The smallest absolute Gasteiger partial charge is 0.332 e. The molecule has 0 aromatic heterocycles. The van der Waals surface area contributed by atoms with Gasteiger partial charge in [0, 0.05) is 25.7 Å². The molecule has 0 N–H and O–H groups in total. The summed E-state index contributed by atoms with van der Waals surface area (Å²) in [7, 11) is 6.50. The predicted molar refractivity (Wildman–Crippen MR) is 159 cm³/mol. The first-order valence-corrected chi connectivity index (χ1v) is 14.3. The van der Waals surface area contributed by atoms with E-state index in [9.17, 15) is 9.59 Å². The van der Waals surface area contributed by atoms with E-state index in [0.717, 1.165) is 24.1 Å². The lowest BCUT2D eigenvalue weighted by molar-refractivity contribution is -0.129. The number of fused-ring (bicyclic) bond motifs is 3. The Bertz CT molecular complexity index is 1490. The Hall–Kier alpha value is -4.24. The van der Waals surface area contributed by atoms with Gasteiger partial charge in [-0.3, -0.25) is 9.69 Å². The molecular formula is C33H37N3O6. The van der Waals surface area contributed by atoms with Crippen molar-refractivity contribution in [1.82, 2.24) is 9.80 Å². The van der Waals surface area contributed by atoms with Gasteiger partial charge in [0.1, 0.15) is 5.54 Å². The number of carbonyl (C=O) groups is 2. The van der Waals surface area contributed by atoms with Gasteiger partial charge in [0.25, 0.3) is 5.91 Å². The summed E-state index contributed by atoms with van der Waals surface area (Å²) in [5.41, 5.74) is 2.96. The largest absolute Gasteiger partial charge is 0.493 e. The molecule has 0 saturated carbocycles. The van der Waals surface area contributed by atoms with Gasteiger partial charge in [-0.2, -0.15) is 0 Å². The molecule has 0 bridgehead atoms. The second-order valence-electron chi connectivity index (χ2n) is 11.0. The van der Waals surface area contributed by atoms with Gasteiger partial charge < -0.3 is 23.8 Å². The van der Waals surface area contributed by atoms with E-state index in [1.54, 1.807) is 28.4 Å². The maximum absolute atomic E-state index is 14.5. The summed E-state index contributed by atoms with van der Waals surface area (Å²) in [6.45, 7) is 2.00. The van der Waals surface area contributed by atoms with Gasteiger partial charge in [-0.25, -0.2) is 9.69 Å². The van der Waals surface area contributed by atoms with Crippen molar-refractivity contribution in [2.45, 2.75) is 37.3 Å². The summed E-state index contributed by atoms with van der Waals surface area (Å²) in [6.07, 6.45) is 2.55. The number of amides is 3. The molecule has 1 spiro atoms. The zero-order valence-electron chi connectivity index (χ0n) is 24.6. The highest BCUT2D eigenvalue weighted by atomic mass is 16.5. The Morgan fingerprint density at radius 1 is 0.810 bits per heavy atom. The predicted octanol–water partition coefficient (Wildman–Crippen LogP) is 4.86. The van der Waals surface area contributed by atoms with Crippen LogP contribution in [0.4, 0.5) is 10.5 Å². The van der Waals surface area contributed by atoms with Crippen molar-refractivity contribution in [1.29, 1.82) is 0 Å². The molecule has 3 aromatic carbocycles. The van der Waals surface area contributed by atoms with E-state index in [1.165, 1.54) is 10.5 Å². The number of urea groups is 1. The first-order valence-electron chi connectivity index (χ1n) is 14.3. The van der Waals surface area contributed by atoms with Crippen LogP contribution >= 0.6 is 0 Å². The average molecular weight is 572 g/mol. The first-order chi connectivity index (χ1) is 20.4. The van der Waals surface area contributed by atoms with Crippen LogP contribution in [0.15, 0.2) is 60.7 Å². The fraction of sp³-hybridized carbons (Fsp3) is 0.394. The molecule has 3 heterocycles. The van der Waals surface area contributed by atoms with Crippen molar-refractivity contribution in [2.24, 2.45) is 0 Å². The third kappa shape index (κ3) is 4.52. The van der Waals surface area contributed by atoms with Crippen LogP contribution < -0.4 is 23.8 Å². The Kier molecular flexibility index (Phi) is 7.45. The first kappa shape index (κ1) is 27.9. The van der Waals surface area contributed by atoms with E-state index < -0.39 is 5.54 Å². The SMILES string of the molecule is COc1ccc(CCN2C(=O)N(c3ccccc3)C(=O)[C@]23CCN2CCc4cc(OC)c(OC)cc4[C@@H]2C3)cc1OC. The number of hydrogen-bond acceptors (Lipinski definition) is 7. The van der Waals surface area contributed by atoms with Crippen molar-refractivity contribution in [3.63, 3.8) is 0 Å². The molecule has 3 aromatic rings. The van der Waals surface area contributed by atoms with E-state index in [2.05, 4.69) is 11.0 Å². The van der Waals surface area contributed by atoms with Crippen molar-refractivity contribution in [2.75, 3.05) is 53.0 Å². The number of benzene rings is 3. The average Bonchev–Trinajstić information content (AvgIpc) is 3.23. The quantitative estimate of drug-likeness (QED) is 0.357. The number of methoxy groups -OCH3 is 4. The second kappa shape index (κ2) is 11.2. The molecule has 42 heavy (non-hydrogen) atoms. The zero-order valence-corrected chi connectivity index (χ0v) is 24.6. The van der Waals surface area contributed by atoms with E-state index >= 15 is 0 Å². The molecule has 3 aliphatic rings. The van der Waals surface area contributed by atoms with Gasteiger partial charge in [-0.05, 0) is 78.8 Å². The molecule has 0 unspecified atom stereocenters. The molecule has 0 radical (unpaired) electrons. The topological polar surface area (TPSA) is 80.8 Å². The monoisotopic (exact) mass is 571 g/mol. The van der Waals surface area contributed by atoms with Crippen LogP contribution in [0.25, 0.3) is 0 Å². The Morgan fingerprint density at radius 2 is 1.50 bits per heavy atom. The summed E-state index contributed by atoms with van der Waals surface area (Å²) >= 11 is 0. The van der Waals surface area contributed by atoms with Crippen molar-refractivity contribution in [3.8, 4) is 23.0 Å². The van der Waals surface area contributed by atoms with Crippen LogP contribution in [-0.4, -0.2) is 75.4 Å². The Labute approximate surface area is 246 Å². The Balaban J connectivity index is 1.38. The van der Waals surface area contributed by atoms with Gasteiger partial charge in [-0.15, -0.1) is 0 Å². The summed E-state index contributed by atoms with van der Waals surface area (Å²) in [5.74, 6) is 2.50. The van der Waals surface area contributed by atoms with Crippen LogP contribution in [0.5, 0.6) is 23.0 Å². The number of hydrogen-bond donors (Lipinski definition) is 0. The molecule has 2 fully saturated rings. The molecule has 9 heteroatoms. The molecule has 220 valence electrons. The van der Waals surface area contributed by atoms with Crippen molar-refractivity contribution >= 4 is 17.6 Å². The van der Waals surface area contributed by atoms with Gasteiger partial charge in [0.15, 0.2) is 23.0 Å². The number of nitrogens with zero attached hydrogens (tertiary/aromatic N) is 3. The lowest BCUT2D eigenvalue weighted by atomic mass is 9.76. The molecule has 0 aliphatic carbocycles. The summed E-state index contributed by atoms with van der Waals surface area (Å²) in [5, 5.41) is 0. The highest BCUT2D eigenvalue weighted by Crippen LogP contribution is 2.49. The minimum Gasteiger partial charge on any atom is -0.493 e. The van der Waals surface area contributed by atoms with E-state index in [-0.39, 0.29) is 18.0 Å². The standard InChI is InChI=1S/C33H37N3O6/c1-39-27-11-10-22(18-28(27)40-2)12-16-35-32(38)36(24-8-6-5-7-9-24)31(37)33(35)14-17-34-15-13-23-19-29(41-3)30(42-4)20-25(23)26(34)21-33/h5-11,18-20,26H,12-17,21H2,1-4H3/t26-,33+/m0/s1. The number of piperidine rings is 1. The van der Waals surface area contributed by atoms with Gasteiger partial charge >= 0.3 is 6.03 Å². The van der Waals surface area contributed by atoms with Gasteiger partial charge in [0.2, 0.25) is 0 Å². The molecule has 6 rings (SSSR count). The maximum atomic E-state index is 14.5. The van der Waals surface area contributed by atoms with Gasteiger partial charge in [0.05, 0.1) is 34.1 Å². The van der Waals surface area contributed by atoms with Crippen LogP contribution in [0, 0.1) is 0 Å². The molecule has 3 aliphatic heterocycles. The molecule has 3 amide bonds.